The van der Waals surface area contributed by atoms with E-state index in [1.165, 1.54) is 0 Å². The van der Waals surface area contributed by atoms with Gasteiger partial charge in [0.1, 0.15) is 23.2 Å². The Morgan fingerprint density at radius 1 is 1.09 bits per heavy atom. The van der Waals surface area contributed by atoms with Gasteiger partial charge in [-0.05, 0) is 18.2 Å². The number of methoxy groups -OCH3 is 1. The second-order valence-corrected chi connectivity index (χ2v) is 5.13. The molecule has 0 spiro atoms. The number of rotatable bonds is 2. The fourth-order valence-electron chi connectivity index (χ4n) is 2.66. The molecular formula is C18H12N4O. The van der Waals surface area contributed by atoms with E-state index in [0.717, 1.165) is 16.5 Å². The maximum Gasteiger partial charge on any atom is 0.180 e. The Balaban J connectivity index is 2.04. The molecule has 0 saturated heterocycles. The van der Waals surface area contributed by atoms with Gasteiger partial charge in [-0.15, -0.1) is 0 Å². The fraction of sp³-hybridized carbons (Fsp3) is 0.0556. The highest BCUT2D eigenvalue weighted by molar-refractivity contribution is 5.98. The number of hydrogen-bond acceptors (Lipinski definition) is 4. The summed E-state index contributed by atoms with van der Waals surface area (Å²) in [4.78, 5) is 12.3. The molecule has 2 heterocycles. The minimum absolute atomic E-state index is 0.526. The number of aromatic nitrogens is 3. The van der Waals surface area contributed by atoms with Gasteiger partial charge in [0.2, 0.25) is 0 Å². The van der Waals surface area contributed by atoms with Gasteiger partial charge < -0.3 is 9.72 Å². The number of nitriles is 1. The summed E-state index contributed by atoms with van der Waals surface area (Å²) in [6.45, 7) is 0. The third-order valence-electron chi connectivity index (χ3n) is 3.79. The lowest BCUT2D eigenvalue weighted by molar-refractivity contribution is 0.415. The lowest BCUT2D eigenvalue weighted by Crippen LogP contribution is -1.89. The highest BCUT2D eigenvalue weighted by Crippen LogP contribution is 2.29. The summed E-state index contributed by atoms with van der Waals surface area (Å²) in [5, 5.41) is 10.4. The summed E-state index contributed by atoms with van der Waals surface area (Å²) in [6, 6.07) is 17.5. The zero-order chi connectivity index (χ0) is 15.8. The van der Waals surface area contributed by atoms with Crippen LogP contribution in [0.4, 0.5) is 0 Å². The molecule has 0 aliphatic rings. The van der Waals surface area contributed by atoms with E-state index in [-0.39, 0.29) is 0 Å². The third kappa shape index (κ3) is 2.09. The van der Waals surface area contributed by atoms with Gasteiger partial charge in [-0.25, -0.2) is 9.97 Å². The maximum absolute atomic E-state index is 9.61. The van der Waals surface area contributed by atoms with Crippen LogP contribution in [-0.4, -0.2) is 22.1 Å². The van der Waals surface area contributed by atoms with Crippen LogP contribution >= 0.6 is 0 Å². The molecule has 5 nitrogen and oxygen atoms in total. The van der Waals surface area contributed by atoms with Crippen LogP contribution < -0.4 is 4.74 Å². The largest absolute Gasteiger partial charge is 0.497 e. The molecule has 1 N–H and O–H groups in total. The number of H-pyrrole nitrogens is 1. The summed E-state index contributed by atoms with van der Waals surface area (Å²) in [6.07, 6.45) is 0. The first-order valence-corrected chi connectivity index (χ1v) is 7.13. The summed E-state index contributed by atoms with van der Waals surface area (Å²) < 4.78 is 5.25. The summed E-state index contributed by atoms with van der Waals surface area (Å²) in [5.41, 5.74) is 3.39. The van der Waals surface area contributed by atoms with Crippen molar-refractivity contribution in [3.8, 4) is 23.2 Å². The SMILES string of the molecule is COc1ccc2nc3nc(-c4ccccc4)[nH]c3c(C#N)c2c1. The molecule has 0 unspecified atom stereocenters. The van der Waals surface area contributed by atoms with Gasteiger partial charge in [0.05, 0.1) is 18.2 Å². The van der Waals surface area contributed by atoms with Crippen molar-refractivity contribution < 1.29 is 4.74 Å². The van der Waals surface area contributed by atoms with Gasteiger partial charge in [0, 0.05) is 10.9 Å². The van der Waals surface area contributed by atoms with Crippen molar-refractivity contribution in [3.05, 3.63) is 54.1 Å². The minimum atomic E-state index is 0.526. The lowest BCUT2D eigenvalue weighted by atomic mass is 10.1. The molecule has 0 bridgehead atoms. The predicted octanol–water partition coefficient (Wildman–Crippen LogP) is 3.66. The van der Waals surface area contributed by atoms with Crippen molar-refractivity contribution in [3.63, 3.8) is 0 Å². The Bertz CT molecular complexity index is 1060. The standard InChI is InChI=1S/C18H12N4O/c1-23-12-7-8-15-13(9-12)14(10-19)16-18(20-15)22-17(21-16)11-5-3-2-4-6-11/h2-9H,1H3,(H,20,21,22). The van der Waals surface area contributed by atoms with Crippen LogP contribution in [0.25, 0.3) is 33.5 Å². The van der Waals surface area contributed by atoms with Crippen LogP contribution in [0.1, 0.15) is 5.56 Å². The van der Waals surface area contributed by atoms with Gasteiger partial charge in [-0.2, -0.15) is 5.26 Å². The van der Waals surface area contributed by atoms with Crippen molar-refractivity contribution in [2.75, 3.05) is 7.11 Å². The summed E-state index contributed by atoms with van der Waals surface area (Å²) in [7, 11) is 1.60. The molecule has 23 heavy (non-hydrogen) atoms. The zero-order valence-electron chi connectivity index (χ0n) is 12.4. The van der Waals surface area contributed by atoms with Gasteiger partial charge >= 0.3 is 0 Å². The van der Waals surface area contributed by atoms with Gasteiger partial charge in [-0.1, -0.05) is 30.3 Å². The molecule has 0 atom stereocenters. The predicted molar refractivity (Wildman–Crippen MR) is 88.1 cm³/mol. The van der Waals surface area contributed by atoms with E-state index in [0.29, 0.717) is 28.3 Å². The van der Waals surface area contributed by atoms with E-state index < -0.39 is 0 Å². The first-order chi connectivity index (χ1) is 11.3. The van der Waals surface area contributed by atoms with E-state index in [1.54, 1.807) is 7.11 Å². The molecule has 4 aromatic rings. The highest BCUT2D eigenvalue weighted by atomic mass is 16.5. The van der Waals surface area contributed by atoms with Crippen molar-refractivity contribution in [1.82, 2.24) is 15.0 Å². The van der Waals surface area contributed by atoms with E-state index in [2.05, 4.69) is 21.0 Å². The number of nitrogens with one attached hydrogen (secondary N) is 1. The maximum atomic E-state index is 9.61. The molecule has 0 aliphatic heterocycles. The molecular weight excluding hydrogens is 288 g/mol. The second kappa shape index (κ2) is 5.11. The van der Waals surface area contributed by atoms with Gasteiger partial charge in [0.25, 0.3) is 0 Å². The van der Waals surface area contributed by atoms with E-state index >= 15 is 0 Å². The van der Waals surface area contributed by atoms with Crippen LogP contribution in [0, 0.1) is 11.3 Å². The molecule has 0 amide bonds. The Labute approximate surface area is 132 Å². The van der Waals surface area contributed by atoms with Gasteiger partial charge in [-0.3, -0.25) is 0 Å². The average Bonchev–Trinajstić information content (AvgIpc) is 3.03. The van der Waals surface area contributed by atoms with Crippen LogP contribution in [0.2, 0.25) is 0 Å². The summed E-state index contributed by atoms with van der Waals surface area (Å²) >= 11 is 0. The van der Waals surface area contributed by atoms with Crippen LogP contribution in [0.5, 0.6) is 5.75 Å². The second-order valence-electron chi connectivity index (χ2n) is 5.13. The number of pyridine rings is 1. The molecule has 0 saturated carbocycles. The summed E-state index contributed by atoms with van der Waals surface area (Å²) in [5.74, 6) is 1.39. The number of imidazole rings is 1. The first kappa shape index (κ1) is 13.3. The van der Waals surface area contributed by atoms with Crippen molar-refractivity contribution in [1.29, 1.82) is 5.26 Å². The van der Waals surface area contributed by atoms with Crippen molar-refractivity contribution in [2.45, 2.75) is 0 Å². The quantitative estimate of drug-likeness (QED) is 0.613. The molecule has 2 aromatic heterocycles. The topological polar surface area (TPSA) is 74.6 Å². The smallest absolute Gasteiger partial charge is 0.180 e. The number of ether oxygens (including phenoxy) is 1. The Morgan fingerprint density at radius 3 is 2.65 bits per heavy atom. The fourth-order valence-corrected chi connectivity index (χ4v) is 2.66. The van der Waals surface area contributed by atoms with Crippen LogP contribution in [0.3, 0.4) is 0 Å². The average molecular weight is 300 g/mol. The third-order valence-corrected chi connectivity index (χ3v) is 3.79. The number of benzene rings is 2. The molecule has 0 fully saturated rings. The van der Waals surface area contributed by atoms with E-state index in [4.69, 9.17) is 4.74 Å². The number of fused-ring (bicyclic) bond motifs is 2. The minimum Gasteiger partial charge on any atom is -0.497 e. The highest BCUT2D eigenvalue weighted by Gasteiger charge is 2.14. The Hall–Kier alpha value is -3.39. The molecule has 0 radical (unpaired) electrons. The lowest BCUT2D eigenvalue weighted by Gasteiger charge is -2.03. The van der Waals surface area contributed by atoms with Crippen molar-refractivity contribution in [2.24, 2.45) is 0 Å². The molecule has 2 aromatic carbocycles. The van der Waals surface area contributed by atoms with E-state index in [9.17, 15) is 5.26 Å². The number of hydrogen-bond donors (Lipinski definition) is 1. The monoisotopic (exact) mass is 300 g/mol. The molecule has 5 heteroatoms. The van der Waals surface area contributed by atoms with Crippen molar-refractivity contribution >= 4 is 22.1 Å². The Kier molecular flexibility index (Phi) is 2.95. The normalized spacial score (nSPS) is 10.8. The number of nitrogens with zero attached hydrogens (tertiary/aromatic N) is 3. The zero-order valence-corrected chi connectivity index (χ0v) is 12.4. The van der Waals surface area contributed by atoms with E-state index in [1.807, 2.05) is 48.5 Å². The molecule has 4 rings (SSSR count). The number of aromatic amines is 1. The molecule has 110 valence electrons. The Morgan fingerprint density at radius 2 is 1.91 bits per heavy atom. The first-order valence-electron chi connectivity index (χ1n) is 7.13. The molecule has 0 aliphatic carbocycles. The van der Waals surface area contributed by atoms with Crippen LogP contribution in [-0.2, 0) is 0 Å². The van der Waals surface area contributed by atoms with Gasteiger partial charge in [0.15, 0.2) is 5.65 Å². The van der Waals surface area contributed by atoms with Crippen LogP contribution in [0.15, 0.2) is 48.5 Å².